The number of nitrogens with one attached hydrogen (secondary N) is 1. The van der Waals surface area contributed by atoms with Crippen molar-refractivity contribution < 1.29 is 14.6 Å². The minimum Gasteiger partial charge on any atom is -0.467 e. The molecule has 0 radical (unpaired) electrons. The zero-order chi connectivity index (χ0) is 12.4. The highest BCUT2D eigenvalue weighted by molar-refractivity contribution is 5.85. The summed E-state index contributed by atoms with van der Waals surface area (Å²) in [6, 6.07) is 7.78. The van der Waals surface area contributed by atoms with Gasteiger partial charge in [-0.05, 0) is 11.6 Å². The predicted molar refractivity (Wildman–Crippen MR) is 64.7 cm³/mol. The van der Waals surface area contributed by atoms with Crippen LogP contribution in [0.1, 0.15) is 18.4 Å². The van der Waals surface area contributed by atoms with Gasteiger partial charge in [-0.2, -0.15) is 0 Å². The first-order chi connectivity index (χ1) is 8.15. The second-order valence-corrected chi connectivity index (χ2v) is 4.05. The van der Waals surface area contributed by atoms with Crippen molar-refractivity contribution in [3.05, 3.63) is 36.0 Å². The van der Waals surface area contributed by atoms with Crippen molar-refractivity contribution in [1.82, 2.24) is 4.98 Å². The highest BCUT2D eigenvalue weighted by Crippen LogP contribution is 2.27. The average molecular weight is 233 g/mol. The number of hydrogen-bond acceptors (Lipinski definition) is 3. The van der Waals surface area contributed by atoms with Crippen molar-refractivity contribution in [1.29, 1.82) is 0 Å². The van der Waals surface area contributed by atoms with Crippen molar-refractivity contribution in [2.45, 2.75) is 18.9 Å². The van der Waals surface area contributed by atoms with Crippen LogP contribution in [0, 0.1) is 0 Å². The summed E-state index contributed by atoms with van der Waals surface area (Å²) in [7, 11) is 1.27. The van der Waals surface area contributed by atoms with Crippen LogP contribution >= 0.6 is 0 Å². The molecule has 1 heterocycles. The average Bonchev–Trinajstić information content (AvgIpc) is 2.79. The second kappa shape index (κ2) is 4.59. The third-order valence-electron chi connectivity index (χ3n) is 3.03. The molecule has 0 aliphatic rings. The third-order valence-corrected chi connectivity index (χ3v) is 3.03. The smallest absolute Gasteiger partial charge is 0.335 e. The monoisotopic (exact) mass is 233 g/mol. The van der Waals surface area contributed by atoms with Gasteiger partial charge in [0.05, 0.1) is 7.11 Å². The van der Waals surface area contributed by atoms with Crippen molar-refractivity contribution in [3.8, 4) is 0 Å². The Morgan fingerprint density at radius 1 is 1.41 bits per heavy atom. The lowest BCUT2D eigenvalue weighted by molar-refractivity contribution is -0.151. The van der Waals surface area contributed by atoms with Gasteiger partial charge in [0.15, 0.2) is 6.10 Å². The van der Waals surface area contributed by atoms with E-state index in [1.807, 2.05) is 30.5 Å². The normalized spacial score (nSPS) is 14.5. The van der Waals surface area contributed by atoms with Crippen LogP contribution in [0.15, 0.2) is 30.5 Å². The summed E-state index contributed by atoms with van der Waals surface area (Å²) in [6.45, 7) is 1.80. The lowest BCUT2D eigenvalue weighted by Gasteiger charge is -2.16. The van der Waals surface area contributed by atoms with Gasteiger partial charge in [0, 0.05) is 23.0 Å². The topological polar surface area (TPSA) is 62.3 Å². The zero-order valence-electron chi connectivity index (χ0n) is 9.81. The Morgan fingerprint density at radius 2 is 2.12 bits per heavy atom. The minimum absolute atomic E-state index is 0.307. The fourth-order valence-electron chi connectivity index (χ4n) is 1.97. The molecule has 0 aliphatic heterocycles. The van der Waals surface area contributed by atoms with Crippen molar-refractivity contribution in [2.75, 3.05) is 7.11 Å². The van der Waals surface area contributed by atoms with Gasteiger partial charge < -0.3 is 14.8 Å². The standard InChI is InChI=1S/C13H15NO3/c1-8(12(15)13(16)17-2)10-7-14-11-6-4-3-5-9(10)11/h3-8,12,14-15H,1-2H3/t8-,12+/m1/s1. The SMILES string of the molecule is COC(=O)[C@@H](O)[C@H](C)c1c[nH]c2ccccc12. The van der Waals surface area contributed by atoms with E-state index in [1.54, 1.807) is 6.92 Å². The summed E-state index contributed by atoms with van der Waals surface area (Å²) in [5, 5.41) is 10.8. The second-order valence-electron chi connectivity index (χ2n) is 4.05. The van der Waals surface area contributed by atoms with E-state index in [1.165, 1.54) is 7.11 Å². The van der Waals surface area contributed by atoms with Crippen molar-refractivity contribution >= 4 is 16.9 Å². The minimum atomic E-state index is -1.14. The van der Waals surface area contributed by atoms with E-state index in [0.717, 1.165) is 16.5 Å². The molecule has 0 spiro atoms. The van der Waals surface area contributed by atoms with E-state index >= 15 is 0 Å². The number of aromatic nitrogens is 1. The van der Waals surface area contributed by atoms with Crippen LogP contribution in [0.25, 0.3) is 10.9 Å². The van der Waals surface area contributed by atoms with E-state index in [-0.39, 0.29) is 5.92 Å². The molecule has 90 valence electrons. The fraction of sp³-hybridized carbons (Fsp3) is 0.308. The van der Waals surface area contributed by atoms with Crippen molar-refractivity contribution in [3.63, 3.8) is 0 Å². The first kappa shape index (κ1) is 11.7. The van der Waals surface area contributed by atoms with Crippen LogP contribution in [-0.4, -0.2) is 29.3 Å². The number of hydrogen-bond donors (Lipinski definition) is 2. The van der Waals surface area contributed by atoms with E-state index < -0.39 is 12.1 Å². The number of methoxy groups -OCH3 is 1. The summed E-state index contributed by atoms with van der Waals surface area (Å²) in [6.07, 6.45) is 0.681. The highest BCUT2D eigenvalue weighted by Gasteiger charge is 2.26. The number of carbonyl (C=O) groups excluding carboxylic acids is 1. The number of fused-ring (bicyclic) bond motifs is 1. The Labute approximate surface area is 99.2 Å². The number of esters is 1. The number of benzene rings is 1. The molecule has 17 heavy (non-hydrogen) atoms. The number of aliphatic hydroxyl groups excluding tert-OH is 1. The molecule has 4 heteroatoms. The van der Waals surface area contributed by atoms with Crippen LogP contribution in [0.4, 0.5) is 0 Å². The number of rotatable bonds is 3. The van der Waals surface area contributed by atoms with E-state index in [9.17, 15) is 9.90 Å². The first-order valence-electron chi connectivity index (χ1n) is 5.47. The van der Waals surface area contributed by atoms with Crippen LogP contribution in [0.3, 0.4) is 0 Å². The molecule has 0 fully saturated rings. The predicted octanol–water partition coefficient (Wildman–Crippen LogP) is 1.81. The Kier molecular flexibility index (Phi) is 3.15. The molecule has 0 aliphatic carbocycles. The maximum absolute atomic E-state index is 11.3. The summed E-state index contributed by atoms with van der Waals surface area (Å²) in [5.41, 5.74) is 1.91. The molecule has 0 amide bonds. The molecule has 0 saturated heterocycles. The van der Waals surface area contributed by atoms with E-state index in [2.05, 4.69) is 9.72 Å². The summed E-state index contributed by atoms with van der Waals surface area (Å²) in [4.78, 5) is 14.4. The molecule has 0 bridgehead atoms. The number of para-hydroxylation sites is 1. The van der Waals surface area contributed by atoms with Gasteiger partial charge >= 0.3 is 5.97 Å². The van der Waals surface area contributed by atoms with E-state index in [4.69, 9.17) is 0 Å². The van der Waals surface area contributed by atoms with Gasteiger partial charge in [-0.1, -0.05) is 25.1 Å². The Balaban J connectivity index is 2.36. The molecule has 0 unspecified atom stereocenters. The molecule has 1 aromatic heterocycles. The lowest BCUT2D eigenvalue weighted by atomic mass is 9.95. The quantitative estimate of drug-likeness (QED) is 0.795. The molecular formula is C13H15NO3. The van der Waals surface area contributed by atoms with Gasteiger partial charge in [-0.15, -0.1) is 0 Å². The van der Waals surface area contributed by atoms with Gasteiger partial charge in [0.2, 0.25) is 0 Å². The molecule has 0 saturated carbocycles. The first-order valence-corrected chi connectivity index (χ1v) is 5.47. The molecule has 4 nitrogen and oxygen atoms in total. The fourth-order valence-corrected chi connectivity index (χ4v) is 1.97. The number of aromatic amines is 1. The number of ether oxygens (including phenoxy) is 1. The van der Waals surface area contributed by atoms with Gasteiger partial charge in [-0.3, -0.25) is 0 Å². The van der Waals surface area contributed by atoms with Crippen LogP contribution < -0.4 is 0 Å². The molecular weight excluding hydrogens is 218 g/mol. The Hall–Kier alpha value is -1.81. The maximum atomic E-state index is 11.3. The van der Waals surface area contributed by atoms with Crippen LogP contribution in [0.2, 0.25) is 0 Å². The van der Waals surface area contributed by atoms with Crippen LogP contribution in [0.5, 0.6) is 0 Å². The summed E-state index contributed by atoms with van der Waals surface area (Å²) in [5.74, 6) is -0.915. The summed E-state index contributed by atoms with van der Waals surface area (Å²) < 4.78 is 4.54. The maximum Gasteiger partial charge on any atom is 0.335 e. The largest absolute Gasteiger partial charge is 0.467 e. The van der Waals surface area contributed by atoms with E-state index in [0.29, 0.717) is 0 Å². The Morgan fingerprint density at radius 3 is 2.82 bits per heavy atom. The summed E-state index contributed by atoms with van der Waals surface area (Å²) >= 11 is 0. The van der Waals surface area contributed by atoms with Crippen molar-refractivity contribution in [2.24, 2.45) is 0 Å². The third kappa shape index (κ3) is 2.03. The Bertz CT molecular complexity index is 532. The zero-order valence-corrected chi connectivity index (χ0v) is 9.81. The van der Waals surface area contributed by atoms with Gasteiger partial charge in [0.25, 0.3) is 0 Å². The molecule has 2 aromatic rings. The highest BCUT2D eigenvalue weighted by atomic mass is 16.5. The number of carbonyl (C=O) groups is 1. The molecule has 1 aromatic carbocycles. The number of H-pyrrole nitrogens is 1. The molecule has 2 atom stereocenters. The van der Waals surface area contributed by atoms with Crippen LogP contribution in [-0.2, 0) is 9.53 Å². The van der Waals surface area contributed by atoms with Gasteiger partial charge in [0.1, 0.15) is 0 Å². The molecule has 2 N–H and O–H groups in total. The van der Waals surface area contributed by atoms with Gasteiger partial charge in [-0.25, -0.2) is 4.79 Å². The molecule has 2 rings (SSSR count). The lowest BCUT2D eigenvalue weighted by Crippen LogP contribution is -2.27. The number of aliphatic hydroxyl groups is 1.